The summed E-state index contributed by atoms with van der Waals surface area (Å²) in [6.07, 6.45) is 3.89. The van der Waals surface area contributed by atoms with Crippen LogP contribution in [0.5, 0.6) is 0 Å². The molecule has 1 aliphatic rings. The van der Waals surface area contributed by atoms with E-state index in [1.807, 2.05) is 60.7 Å². The standard InChI is InChI=1S/C29H30IN3O5S/c1-38-28(34)16-17-31-25-10-4-2-9-23(25)20-32-29(35)27-19-22-8-3-5-11-26(22)33(27)39(36,37)18-6-7-21-12-14-24(30)15-13-21/h2-15,27,31H,16-20H2,1H3,(H,32,35)/t27-/m0/s1. The average molecular weight is 660 g/mol. The van der Waals surface area contributed by atoms with Gasteiger partial charge in [0, 0.05) is 28.8 Å². The molecule has 1 aliphatic heterocycles. The van der Waals surface area contributed by atoms with E-state index in [4.69, 9.17) is 0 Å². The number of hydrogen-bond acceptors (Lipinski definition) is 6. The molecule has 39 heavy (non-hydrogen) atoms. The van der Waals surface area contributed by atoms with Crippen molar-refractivity contribution in [2.45, 2.75) is 25.4 Å². The van der Waals surface area contributed by atoms with E-state index in [1.165, 1.54) is 11.4 Å². The lowest BCUT2D eigenvalue weighted by atomic mass is 10.1. The second kappa shape index (κ2) is 13.1. The maximum atomic E-state index is 13.5. The molecule has 4 rings (SSSR count). The third-order valence-electron chi connectivity index (χ3n) is 6.36. The van der Waals surface area contributed by atoms with Crippen molar-refractivity contribution < 1.29 is 22.7 Å². The molecule has 1 atom stereocenters. The van der Waals surface area contributed by atoms with E-state index in [-0.39, 0.29) is 30.6 Å². The number of benzene rings is 3. The molecule has 0 aliphatic carbocycles. The number of carbonyl (C=O) groups excluding carboxylic acids is 2. The number of rotatable bonds is 11. The first-order valence-electron chi connectivity index (χ1n) is 12.5. The van der Waals surface area contributed by atoms with Crippen LogP contribution < -0.4 is 14.9 Å². The molecule has 3 aromatic carbocycles. The summed E-state index contributed by atoms with van der Waals surface area (Å²) in [5, 5.41) is 6.11. The Morgan fingerprint density at radius 1 is 1.05 bits per heavy atom. The predicted octanol–water partition coefficient (Wildman–Crippen LogP) is 4.36. The topological polar surface area (TPSA) is 105 Å². The summed E-state index contributed by atoms with van der Waals surface area (Å²) in [5.41, 5.74) is 3.85. The fraction of sp³-hybridized carbons (Fsp3) is 0.241. The Labute approximate surface area is 242 Å². The molecular weight excluding hydrogens is 629 g/mol. The Morgan fingerprint density at radius 3 is 2.54 bits per heavy atom. The molecule has 0 saturated heterocycles. The Morgan fingerprint density at radius 2 is 1.77 bits per heavy atom. The van der Waals surface area contributed by atoms with Crippen LogP contribution in [-0.2, 0) is 37.3 Å². The number of amides is 1. The Hall–Kier alpha value is -3.38. The summed E-state index contributed by atoms with van der Waals surface area (Å²) in [7, 11) is -2.49. The smallest absolute Gasteiger partial charge is 0.307 e. The van der Waals surface area contributed by atoms with E-state index >= 15 is 0 Å². The van der Waals surface area contributed by atoms with Crippen LogP contribution >= 0.6 is 22.6 Å². The van der Waals surface area contributed by atoms with Crippen LogP contribution in [0.15, 0.2) is 78.9 Å². The number of fused-ring (bicyclic) bond motifs is 1. The maximum absolute atomic E-state index is 13.5. The van der Waals surface area contributed by atoms with E-state index in [0.717, 1.165) is 25.9 Å². The highest BCUT2D eigenvalue weighted by atomic mass is 127. The first-order chi connectivity index (χ1) is 18.8. The molecular formula is C29H30IN3O5S. The second-order valence-corrected chi connectivity index (χ2v) is 12.1. The number of esters is 1. The third kappa shape index (κ3) is 7.39. The van der Waals surface area contributed by atoms with Crippen molar-refractivity contribution in [2.24, 2.45) is 0 Å². The molecule has 8 nitrogen and oxygen atoms in total. The fourth-order valence-electron chi connectivity index (χ4n) is 4.41. The van der Waals surface area contributed by atoms with E-state index in [9.17, 15) is 18.0 Å². The highest BCUT2D eigenvalue weighted by Gasteiger charge is 2.40. The minimum absolute atomic E-state index is 0.202. The van der Waals surface area contributed by atoms with Gasteiger partial charge in [-0.15, -0.1) is 0 Å². The van der Waals surface area contributed by atoms with Gasteiger partial charge in [0.05, 0.1) is 25.0 Å². The van der Waals surface area contributed by atoms with E-state index in [0.29, 0.717) is 18.7 Å². The quantitative estimate of drug-likeness (QED) is 0.234. The molecule has 1 heterocycles. The number of anilines is 2. The van der Waals surface area contributed by atoms with Crippen LogP contribution in [0, 0.1) is 3.57 Å². The molecule has 0 spiro atoms. The lowest BCUT2D eigenvalue weighted by Gasteiger charge is -2.26. The zero-order valence-corrected chi connectivity index (χ0v) is 24.4. The van der Waals surface area contributed by atoms with Gasteiger partial charge in [-0.2, -0.15) is 0 Å². The van der Waals surface area contributed by atoms with Crippen molar-refractivity contribution in [3.05, 3.63) is 99.1 Å². The monoisotopic (exact) mass is 659 g/mol. The van der Waals surface area contributed by atoms with Gasteiger partial charge in [-0.1, -0.05) is 60.7 Å². The van der Waals surface area contributed by atoms with Crippen molar-refractivity contribution in [3.63, 3.8) is 0 Å². The van der Waals surface area contributed by atoms with Crippen LogP contribution in [0.2, 0.25) is 0 Å². The van der Waals surface area contributed by atoms with Gasteiger partial charge in [0.1, 0.15) is 6.04 Å². The number of sulfonamides is 1. The molecule has 10 heteroatoms. The van der Waals surface area contributed by atoms with Crippen LogP contribution in [0.3, 0.4) is 0 Å². The lowest BCUT2D eigenvalue weighted by Crippen LogP contribution is -2.48. The molecule has 0 saturated carbocycles. The molecule has 0 radical (unpaired) electrons. The fourth-order valence-corrected chi connectivity index (χ4v) is 6.30. The number of hydrogen-bond donors (Lipinski definition) is 2. The van der Waals surface area contributed by atoms with Crippen molar-refractivity contribution >= 4 is 61.9 Å². The van der Waals surface area contributed by atoms with Crippen LogP contribution in [0.25, 0.3) is 6.08 Å². The van der Waals surface area contributed by atoms with Crippen molar-refractivity contribution in [1.82, 2.24) is 5.32 Å². The second-order valence-electron chi connectivity index (χ2n) is 9.00. The van der Waals surface area contributed by atoms with Gasteiger partial charge in [0.15, 0.2) is 0 Å². The van der Waals surface area contributed by atoms with Crippen molar-refractivity contribution in [1.29, 1.82) is 0 Å². The van der Waals surface area contributed by atoms with Crippen LogP contribution in [0.1, 0.15) is 23.1 Å². The number of nitrogens with one attached hydrogen (secondary N) is 2. The van der Waals surface area contributed by atoms with E-state index < -0.39 is 16.1 Å². The molecule has 0 unspecified atom stereocenters. The van der Waals surface area contributed by atoms with Crippen molar-refractivity contribution in [2.75, 3.05) is 29.0 Å². The summed E-state index contributed by atoms with van der Waals surface area (Å²) in [4.78, 5) is 24.8. The van der Waals surface area contributed by atoms with E-state index in [2.05, 4.69) is 38.0 Å². The summed E-state index contributed by atoms with van der Waals surface area (Å²) in [6.45, 7) is 0.588. The summed E-state index contributed by atoms with van der Waals surface area (Å²) in [6, 6.07) is 21.5. The maximum Gasteiger partial charge on any atom is 0.307 e. The highest BCUT2D eigenvalue weighted by molar-refractivity contribution is 14.1. The number of nitrogens with zero attached hydrogens (tertiary/aromatic N) is 1. The van der Waals surface area contributed by atoms with Crippen LogP contribution in [-0.4, -0.2) is 45.7 Å². The minimum Gasteiger partial charge on any atom is -0.469 e. The third-order valence-corrected chi connectivity index (χ3v) is 8.74. The Bertz CT molecular complexity index is 1460. The average Bonchev–Trinajstić information content (AvgIpc) is 3.34. The SMILES string of the molecule is COC(=O)CCNc1ccccc1CNC(=O)[C@@H]1Cc2ccccc2N1S(=O)(=O)CC=Cc1ccc(I)cc1. The first-order valence-corrected chi connectivity index (χ1v) is 15.2. The highest BCUT2D eigenvalue weighted by Crippen LogP contribution is 2.35. The Balaban J connectivity index is 1.47. The summed E-state index contributed by atoms with van der Waals surface area (Å²) in [5.74, 6) is -0.922. The minimum atomic E-state index is -3.83. The number of methoxy groups -OCH3 is 1. The predicted molar refractivity (Wildman–Crippen MR) is 162 cm³/mol. The number of ether oxygens (including phenoxy) is 1. The van der Waals surface area contributed by atoms with Gasteiger partial charge in [0.2, 0.25) is 15.9 Å². The zero-order valence-electron chi connectivity index (χ0n) is 21.5. The van der Waals surface area contributed by atoms with Crippen molar-refractivity contribution in [3.8, 4) is 0 Å². The first kappa shape index (κ1) is 28.6. The molecule has 204 valence electrons. The number of halogens is 1. The van der Waals surface area contributed by atoms with Gasteiger partial charge < -0.3 is 15.4 Å². The van der Waals surface area contributed by atoms with Gasteiger partial charge in [0.25, 0.3) is 0 Å². The van der Waals surface area contributed by atoms with Gasteiger partial charge in [-0.3, -0.25) is 13.9 Å². The molecule has 0 aromatic heterocycles. The van der Waals surface area contributed by atoms with Crippen LogP contribution in [0.4, 0.5) is 11.4 Å². The largest absolute Gasteiger partial charge is 0.469 e. The Kier molecular flexibility index (Phi) is 9.63. The molecule has 3 aromatic rings. The molecule has 2 N–H and O–H groups in total. The van der Waals surface area contributed by atoms with E-state index in [1.54, 1.807) is 24.3 Å². The molecule has 0 bridgehead atoms. The number of para-hydroxylation sites is 2. The summed E-state index contributed by atoms with van der Waals surface area (Å²) >= 11 is 2.22. The molecule has 0 fully saturated rings. The van der Waals surface area contributed by atoms with Gasteiger partial charge in [-0.25, -0.2) is 8.42 Å². The molecule has 1 amide bonds. The zero-order chi connectivity index (χ0) is 27.8. The normalized spacial score (nSPS) is 14.7. The lowest BCUT2D eigenvalue weighted by molar-refractivity contribution is -0.140. The number of carbonyl (C=O) groups is 2. The summed E-state index contributed by atoms with van der Waals surface area (Å²) < 4.78 is 34.1. The van der Waals surface area contributed by atoms with Gasteiger partial charge >= 0.3 is 5.97 Å². The van der Waals surface area contributed by atoms with Gasteiger partial charge in [-0.05, 0) is 63.5 Å².